The number of halogens is 3. The first-order chi connectivity index (χ1) is 11.6. The van der Waals surface area contributed by atoms with Crippen molar-refractivity contribution in [2.75, 3.05) is 5.75 Å². The molecule has 4 rings (SSSR count). The van der Waals surface area contributed by atoms with Crippen molar-refractivity contribution in [2.24, 2.45) is 16.6 Å². The quantitative estimate of drug-likeness (QED) is 0.784. The Hall–Kier alpha value is -1.41. The molecule has 0 radical (unpaired) electrons. The maximum absolute atomic E-state index is 14.3. The van der Waals surface area contributed by atoms with Crippen LogP contribution < -0.4 is 5.73 Å². The van der Waals surface area contributed by atoms with Crippen molar-refractivity contribution in [3.05, 3.63) is 48.3 Å². The van der Waals surface area contributed by atoms with Crippen molar-refractivity contribution < 1.29 is 9.50 Å². The van der Waals surface area contributed by atoms with Gasteiger partial charge in [0.25, 0.3) is 0 Å². The zero-order chi connectivity index (χ0) is 16.7. The van der Waals surface area contributed by atoms with E-state index < -0.39 is 11.6 Å². The van der Waals surface area contributed by atoms with Crippen LogP contribution >= 0.6 is 36.6 Å². The van der Waals surface area contributed by atoms with Gasteiger partial charge in [-0.05, 0) is 24.1 Å². The number of fused-ring (bicyclic) bond motifs is 1. The molecule has 1 aliphatic heterocycles. The number of aliphatic hydroxyl groups is 1. The Morgan fingerprint density at radius 3 is 2.69 bits per heavy atom. The minimum atomic E-state index is -0.577. The standard InChI is InChI=1S/C17H17FN4OS.2ClH/c18-15-2-1-11(4-14(15)10-6-20-9-21-7-10)17-5-13(23)3-12(17)8-24-16(19)22-17;;/h1-2,4,6-7,9,12-13,23H,3,5,8H2,(H2,19,22);2*1H/t12-,13+,17+;;/m0../s1. The third-order valence-corrected chi connectivity index (χ3v) is 5.81. The highest BCUT2D eigenvalue weighted by Crippen LogP contribution is 2.51. The van der Waals surface area contributed by atoms with Crippen LogP contribution in [0.3, 0.4) is 0 Å². The lowest BCUT2D eigenvalue weighted by Gasteiger charge is -2.35. The van der Waals surface area contributed by atoms with Crippen molar-refractivity contribution in [3.63, 3.8) is 0 Å². The van der Waals surface area contributed by atoms with Gasteiger partial charge < -0.3 is 10.8 Å². The molecule has 1 aliphatic carbocycles. The van der Waals surface area contributed by atoms with E-state index in [0.717, 1.165) is 11.3 Å². The van der Waals surface area contributed by atoms with Crippen molar-refractivity contribution in [2.45, 2.75) is 24.5 Å². The van der Waals surface area contributed by atoms with E-state index in [9.17, 15) is 9.50 Å². The minimum Gasteiger partial charge on any atom is -0.393 e. The second-order valence-electron chi connectivity index (χ2n) is 6.30. The summed E-state index contributed by atoms with van der Waals surface area (Å²) < 4.78 is 14.3. The lowest BCUT2D eigenvalue weighted by molar-refractivity contribution is 0.173. The third-order valence-electron chi connectivity index (χ3n) is 4.86. The molecule has 26 heavy (non-hydrogen) atoms. The van der Waals surface area contributed by atoms with Crippen LogP contribution in [-0.4, -0.2) is 32.1 Å². The predicted octanol–water partition coefficient (Wildman–Crippen LogP) is 3.15. The van der Waals surface area contributed by atoms with Gasteiger partial charge in [0.2, 0.25) is 0 Å². The molecule has 0 spiro atoms. The first-order valence-corrected chi connectivity index (χ1v) is 8.78. The summed E-state index contributed by atoms with van der Waals surface area (Å²) in [7, 11) is 0. The smallest absolute Gasteiger partial charge is 0.154 e. The van der Waals surface area contributed by atoms with Gasteiger partial charge in [-0.15, -0.1) is 24.8 Å². The number of aliphatic imine (C=N–C) groups is 1. The Kier molecular flexibility index (Phi) is 6.50. The van der Waals surface area contributed by atoms with Gasteiger partial charge in [-0.3, -0.25) is 4.99 Å². The van der Waals surface area contributed by atoms with Crippen molar-refractivity contribution in [3.8, 4) is 11.1 Å². The summed E-state index contributed by atoms with van der Waals surface area (Å²) >= 11 is 1.52. The molecule has 1 aromatic heterocycles. The number of benzene rings is 1. The molecule has 2 aromatic rings. The summed E-state index contributed by atoms with van der Waals surface area (Å²) in [6.07, 6.45) is 5.36. The molecule has 1 fully saturated rings. The van der Waals surface area contributed by atoms with Gasteiger partial charge >= 0.3 is 0 Å². The van der Waals surface area contributed by atoms with Gasteiger partial charge in [-0.25, -0.2) is 14.4 Å². The number of nitrogens with two attached hydrogens (primary N) is 1. The van der Waals surface area contributed by atoms with E-state index in [1.54, 1.807) is 24.5 Å². The first kappa shape index (κ1) is 20.9. The van der Waals surface area contributed by atoms with Gasteiger partial charge in [-0.2, -0.15) is 0 Å². The summed E-state index contributed by atoms with van der Waals surface area (Å²) in [4.78, 5) is 12.6. The predicted molar refractivity (Wildman–Crippen MR) is 106 cm³/mol. The fraction of sp³-hybridized carbons (Fsp3) is 0.353. The number of amidine groups is 1. The highest BCUT2D eigenvalue weighted by Gasteiger charge is 2.50. The second-order valence-corrected chi connectivity index (χ2v) is 7.34. The van der Waals surface area contributed by atoms with E-state index in [4.69, 9.17) is 10.7 Å². The number of nitrogens with zero attached hydrogens (tertiary/aromatic N) is 3. The molecule has 9 heteroatoms. The fourth-order valence-corrected chi connectivity index (χ4v) is 4.77. The monoisotopic (exact) mass is 416 g/mol. The molecule has 1 aromatic carbocycles. The molecule has 3 atom stereocenters. The van der Waals surface area contributed by atoms with E-state index in [1.807, 2.05) is 0 Å². The van der Waals surface area contributed by atoms with Gasteiger partial charge in [0, 0.05) is 41.6 Å². The van der Waals surface area contributed by atoms with Crippen LogP contribution in [0.1, 0.15) is 18.4 Å². The number of hydrogen-bond donors (Lipinski definition) is 2. The normalized spacial score (nSPS) is 26.9. The molecule has 140 valence electrons. The van der Waals surface area contributed by atoms with E-state index in [-0.39, 0.29) is 36.5 Å². The highest BCUT2D eigenvalue weighted by molar-refractivity contribution is 8.13. The Bertz CT molecular complexity index is 811. The topological polar surface area (TPSA) is 84.4 Å². The fourth-order valence-electron chi connectivity index (χ4n) is 3.76. The van der Waals surface area contributed by atoms with Crippen LogP contribution in [0.15, 0.2) is 41.9 Å². The molecule has 3 N–H and O–H groups in total. The van der Waals surface area contributed by atoms with Crippen LogP contribution in [0, 0.1) is 11.7 Å². The summed E-state index contributed by atoms with van der Waals surface area (Å²) in [5.41, 5.74) is 7.34. The number of aliphatic hydroxyl groups excluding tert-OH is 1. The summed E-state index contributed by atoms with van der Waals surface area (Å²) in [5, 5.41) is 10.7. The minimum absolute atomic E-state index is 0. The molecule has 2 aliphatic rings. The lowest BCUT2D eigenvalue weighted by atomic mass is 9.80. The average Bonchev–Trinajstić information content (AvgIpc) is 2.92. The summed E-state index contributed by atoms with van der Waals surface area (Å²) in [6.45, 7) is 0. The lowest BCUT2D eigenvalue weighted by Crippen LogP contribution is -2.36. The summed E-state index contributed by atoms with van der Waals surface area (Å²) in [6, 6.07) is 4.99. The van der Waals surface area contributed by atoms with Crippen molar-refractivity contribution >= 4 is 41.7 Å². The Morgan fingerprint density at radius 2 is 1.96 bits per heavy atom. The molecule has 0 unspecified atom stereocenters. The first-order valence-electron chi connectivity index (χ1n) is 7.80. The number of rotatable bonds is 2. The SMILES string of the molecule is Cl.Cl.NC1=N[C@@]2(c3ccc(F)c(-c4cncnc4)c3)C[C@H](O)C[C@H]2CS1. The largest absolute Gasteiger partial charge is 0.393 e. The van der Waals surface area contributed by atoms with Crippen LogP contribution in [0.4, 0.5) is 4.39 Å². The maximum atomic E-state index is 14.3. The zero-order valence-corrected chi connectivity index (χ0v) is 16.2. The third kappa shape index (κ3) is 3.53. The number of hydrogen-bond acceptors (Lipinski definition) is 6. The molecule has 1 saturated carbocycles. The van der Waals surface area contributed by atoms with Crippen LogP contribution in [-0.2, 0) is 5.54 Å². The zero-order valence-electron chi connectivity index (χ0n) is 13.7. The Balaban J connectivity index is 0.00000121. The van der Waals surface area contributed by atoms with Gasteiger partial charge in [0.05, 0.1) is 11.6 Å². The van der Waals surface area contributed by atoms with Crippen LogP contribution in [0.25, 0.3) is 11.1 Å². The van der Waals surface area contributed by atoms with E-state index in [1.165, 1.54) is 24.2 Å². The van der Waals surface area contributed by atoms with Gasteiger partial charge in [0.15, 0.2) is 5.17 Å². The molecular weight excluding hydrogens is 398 g/mol. The molecule has 5 nitrogen and oxygen atoms in total. The van der Waals surface area contributed by atoms with E-state index in [2.05, 4.69) is 9.97 Å². The highest BCUT2D eigenvalue weighted by atomic mass is 35.5. The molecule has 0 amide bonds. The molecule has 0 bridgehead atoms. The number of aromatic nitrogens is 2. The van der Waals surface area contributed by atoms with E-state index in [0.29, 0.717) is 29.1 Å². The van der Waals surface area contributed by atoms with E-state index >= 15 is 0 Å². The van der Waals surface area contributed by atoms with Crippen LogP contribution in [0.2, 0.25) is 0 Å². The Morgan fingerprint density at radius 1 is 1.23 bits per heavy atom. The average molecular weight is 417 g/mol. The van der Waals surface area contributed by atoms with Gasteiger partial charge in [-0.1, -0.05) is 17.8 Å². The van der Waals surface area contributed by atoms with Gasteiger partial charge in [0.1, 0.15) is 12.1 Å². The van der Waals surface area contributed by atoms with Crippen LogP contribution in [0.5, 0.6) is 0 Å². The molecule has 0 saturated heterocycles. The molecule has 2 heterocycles. The number of thioether (sulfide) groups is 1. The van der Waals surface area contributed by atoms with Crippen molar-refractivity contribution in [1.82, 2.24) is 9.97 Å². The summed E-state index contributed by atoms with van der Waals surface area (Å²) in [5.74, 6) is 0.672. The maximum Gasteiger partial charge on any atom is 0.154 e. The molecular formula is C17H19Cl2FN4OS. The van der Waals surface area contributed by atoms with Crippen molar-refractivity contribution in [1.29, 1.82) is 0 Å². The second kappa shape index (κ2) is 8.08. The Labute approximate surface area is 167 Å².